The zero-order valence-corrected chi connectivity index (χ0v) is 12.5. The molecule has 2 rings (SSSR count). The Morgan fingerprint density at radius 1 is 1.29 bits per heavy atom. The van der Waals surface area contributed by atoms with Gasteiger partial charge in [0.05, 0.1) is 6.20 Å². The average molecular weight is 286 g/mol. The van der Waals surface area contributed by atoms with Gasteiger partial charge in [-0.25, -0.2) is 4.98 Å². The van der Waals surface area contributed by atoms with Gasteiger partial charge in [-0.05, 0) is 18.9 Å². The number of nitrogen functional groups attached to an aromatic ring is 1. The summed E-state index contributed by atoms with van der Waals surface area (Å²) in [5, 5.41) is 3.26. The van der Waals surface area contributed by atoms with Crippen LogP contribution in [0.5, 0.6) is 5.75 Å². The van der Waals surface area contributed by atoms with Crippen LogP contribution in [0.4, 0.5) is 11.8 Å². The van der Waals surface area contributed by atoms with E-state index in [1.54, 1.807) is 6.20 Å². The van der Waals surface area contributed by atoms with Crippen LogP contribution in [-0.4, -0.2) is 16.5 Å². The predicted molar refractivity (Wildman–Crippen MR) is 85.3 cm³/mol. The molecular weight excluding hydrogens is 264 g/mol. The fourth-order valence-corrected chi connectivity index (χ4v) is 1.96. The molecule has 2 aromatic rings. The maximum atomic E-state index is 5.97. The molecular formula is C16H22N4O. The third-order valence-electron chi connectivity index (χ3n) is 3.17. The molecule has 3 N–H and O–H groups in total. The summed E-state index contributed by atoms with van der Waals surface area (Å²) in [6.45, 7) is 4.98. The van der Waals surface area contributed by atoms with E-state index < -0.39 is 0 Å². The highest BCUT2D eigenvalue weighted by molar-refractivity contribution is 5.51. The summed E-state index contributed by atoms with van der Waals surface area (Å²) in [6, 6.07) is 10.0. The largest absolute Gasteiger partial charge is 0.481 e. The number of rotatable bonds is 7. The van der Waals surface area contributed by atoms with Gasteiger partial charge in [0.15, 0.2) is 11.6 Å². The minimum Gasteiger partial charge on any atom is -0.481 e. The molecule has 0 fully saturated rings. The normalized spacial score (nSPS) is 11.9. The Kier molecular flexibility index (Phi) is 5.37. The molecule has 0 spiro atoms. The summed E-state index contributed by atoms with van der Waals surface area (Å²) in [5.74, 6) is 1.52. The van der Waals surface area contributed by atoms with Crippen molar-refractivity contribution in [1.82, 2.24) is 9.97 Å². The Balaban J connectivity index is 2.11. The van der Waals surface area contributed by atoms with E-state index in [9.17, 15) is 0 Å². The lowest BCUT2D eigenvalue weighted by Gasteiger charge is -2.17. The molecule has 0 aliphatic rings. The molecule has 0 radical (unpaired) electrons. The number of nitrogens with two attached hydrogens (primary N) is 1. The van der Waals surface area contributed by atoms with Crippen LogP contribution in [0, 0.1) is 0 Å². The summed E-state index contributed by atoms with van der Waals surface area (Å²) in [6.07, 6.45) is 3.72. The zero-order chi connectivity index (χ0) is 15.1. The Bertz CT molecular complexity index is 559. The number of aromatic nitrogens is 2. The van der Waals surface area contributed by atoms with Gasteiger partial charge in [0.1, 0.15) is 6.10 Å². The van der Waals surface area contributed by atoms with Crippen LogP contribution in [0.2, 0.25) is 0 Å². The summed E-state index contributed by atoms with van der Waals surface area (Å²) in [7, 11) is 0. The first-order valence-electron chi connectivity index (χ1n) is 7.28. The van der Waals surface area contributed by atoms with Gasteiger partial charge >= 0.3 is 0 Å². The molecule has 0 saturated carbocycles. The molecule has 0 aliphatic heterocycles. The van der Waals surface area contributed by atoms with Crippen LogP contribution in [-0.2, 0) is 0 Å². The van der Waals surface area contributed by atoms with Gasteiger partial charge < -0.3 is 15.8 Å². The van der Waals surface area contributed by atoms with Crippen molar-refractivity contribution in [2.24, 2.45) is 0 Å². The topological polar surface area (TPSA) is 73.1 Å². The lowest BCUT2D eigenvalue weighted by molar-refractivity contribution is 0.226. The van der Waals surface area contributed by atoms with Gasteiger partial charge in [0.2, 0.25) is 5.95 Å². The smallest absolute Gasteiger partial charge is 0.222 e. The number of ether oxygens (including phenoxy) is 1. The Morgan fingerprint density at radius 3 is 2.76 bits per heavy atom. The number of nitrogens with one attached hydrogen (secondary N) is 1. The predicted octanol–water partition coefficient (Wildman–Crippen LogP) is 3.41. The molecule has 0 saturated heterocycles. The molecule has 0 aliphatic carbocycles. The minimum absolute atomic E-state index is 0.0786. The summed E-state index contributed by atoms with van der Waals surface area (Å²) in [4.78, 5) is 8.24. The van der Waals surface area contributed by atoms with Crippen LogP contribution in [0.1, 0.15) is 38.4 Å². The van der Waals surface area contributed by atoms with Crippen LogP contribution in [0.25, 0.3) is 0 Å². The highest BCUT2D eigenvalue weighted by Crippen LogP contribution is 2.27. The van der Waals surface area contributed by atoms with Crippen LogP contribution in [0.3, 0.4) is 0 Å². The fraction of sp³-hybridized carbons (Fsp3) is 0.375. The number of hydrogen-bond acceptors (Lipinski definition) is 5. The lowest BCUT2D eigenvalue weighted by atomic mass is 10.1. The number of nitrogens with zero attached hydrogens (tertiary/aromatic N) is 2. The van der Waals surface area contributed by atoms with E-state index in [0.29, 0.717) is 11.6 Å². The minimum atomic E-state index is -0.0786. The molecule has 1 heterocycles. The average Bonchev–Trinajstić information content (AvgIpc) is 2.51. The lowest BCUT2D eigenvalue weighted by Crippen LogP contribution is -2.10. The highest BCUT2D eigenvalue weighted by atomic mass is 16.5. The summed E-state index contributed by atoms with van der Waals surface area (Å²) in [5.41, 5.74) is 6.76. The van der Waals surface area contributed by atoms with Gasteiger partial charge in [-0.2, -0.15) is 4.98 Å². The monoisotopic (exact) mass is 286 g/mol. The second kappa shape index (κ2) is 7.47. The quantitative estimate of drug-likeness (QED) is 0.763. The van der Waals surface area contributed by atoms with Crippen molar-refractivity contribution >= 4 is 11.8 Å². The Hall–Kier alpha value is -2.30. The molecule has 0 amide bonds. The maximum Gasteiger partial charge on any atom is 0.222 e. The van der Waals surface area contributed by atoms with Gasteiger partial charge in [-0.1, -0.05) is 43.7 Å². The van der Waals surface area contributed by atoms with E-state index in [1.807, 2.05) is 37.3 Å². The van der Waals surface area contributed by atoms with Crippen LogP contribution < -0.4 is 15.8 Å². The summed E-state index contributed by atoms with van der Waals surface area (Å²) < 4.78 is 5.97. The van der Waals surface area contributed by atoms with Crippen molar-refractivity contribution in [2.75, 3.05) is 17.6 Å². The van der Waals surface area contributed by atoms with Crippen molar-refractivity contribution in [1.29, 1.82) is 0 Å². The maximum absolute atomic E-state index is 5.97. The molecule has 1 atom stereocenters. The van der Waals surface area contributed by atoms with Crippen LogP contribution >= 0.6 is 0 Å². The van der Waals surface area contributed by atoms with Gasteiger partial charge in [-0.15, -0.1) is 0 Å². The SMILES string of the molecule is CCCCNc1nc(N)ncc1O[C@@H](C)c1ccccc1. The molecule has 0 unspecified atom stereocenters. The van der Waals surface area contributed by atoms with Gasteiger partial charge in [-0.3, -0.25) is 0 Å². The number of unbranched alkanes of at least 4 members (excludes halogenated alkanes) is 1. The third-order valence-corrected chi connectivity index (χ3v) is 3.17. The standard InChI is InChI=1S/C16H22N4O/c1-3-4-10-18-15-14(11-19-16(17)20-15)21-12(2)13-8-6-5-7-9-13/h5-9,11-12H,3-4,10H2,1-2H3,(H3,17,18,19,20)/t12-/m0/s1. The molecule has 1 aromatic heterocycles. The molecule has 5 heteroatoms. The van der Waals surface area contributed by atoms with Gasteiger partial charge in [0.25, 0.3) is 0 Å². The fourth-order valence-electron chi connectivity index (χ4n) is 1.96. The van der Waals surface area contributed by atoms with Crippen molar-refractivity contribution in [3.63, 3.8) is 0 Å². The third kappa shape index (κ3) is 4.34. The van der Waals surface area contributed by atoms with E-state index in [0.717, 1.165) is 24.9 Å². The van der Waals surface area contributed by atoms with E-state index in [1.165, 1.54) is 0 Å². The van der Waals surface area contributed by atoms with E-state index >= 15 is 0 Å². The number of anilines is 2. The van der Waals surface area contributed by atoms with Crippen LogP contribution in [0.15, 0.2) is 36.5 Å². The highest BCUT2D eigenvalue weighted by Gasteiger charge is 2.12. The van der Waals surface area contributed by atoms with Crippen molar-refractivity contribution < 1.29 is 4.74 Å². The molecule has 21 heavy (non-hydrogen) atoms. The Labute approximate surface area is 125 Å². The molecule has 112 valence electrons. The number of benzene rings is 1. The first-order valence-corrected chi connectivity index (χ1v) is 7.28. The van der Waals surface area contributed by atoms with E-state index in [2.05, 4.69) is 22.2 Å². The second-order valence-corrected chi connectivity index (χ2v) is 4.89. The second-order valence-electron chi connectivity index (χ2n) is 4.89. The molecule has 1 aromatic carbocycles. The van der Waals surface area contributed by atoms with Gasteiger partial charge in [0, 0.05) is 6.54 Å². The zero-order valence-electron chi connectivity index (χ0n) is 12.5. The molecule has 5 nitrogen and oxygen atoms in total. The first-order chi connectivity index (χ1) is 10.2. The number of hydrogen-bond donors (Lipinski definition) is 2. The van der Waals surface area contributed by atoms with Crippen molar-refractivity contribution in [3.05, 3.63) is 42.1 Å². The Morgan fingerprint density at radius 2 is 2.05 bits per heavy atom. The van der Waals surface area contributed by atoms with E-state index in [-0.39, 0.29) is 12.1 Å². The van der Waals surface area contributed by atoms with Crippen molar-refractivity contribution in [2.45, 2.75) is 32.8 Å². The van der Waals surface area contributed by atoms with Crippen molar-refractivity contribution in [3.8, 4) is 5.75 Å². The van der Waals surface area contributed by atoms with E-state index in [4.69, 9.17) is 10.5 Å². The molecule has 0 bridgehead atoms. The summed E-state index contributed by atoms with van der Waals surface area (Å²) >= 11 is 0. The first kappa shape index (κ1) is 15.1.